The molecule has 3 rings (SSSR count). The van der Waals surface area contributed by atoms with Crippen molar-refractivity contribution in [2.75, 3.05) is 14.2 Å². The van der Waals surface area contributed by atoms with Crippen molar-refractivity contribution < 1.29 is 19.6 Å². The van der Waals surface area contributed by atoms with Crippen molar-refractivity contribution in [2.45, 2.75) is 25.9 Å². The van der Waals surface area contributed by atoms with Crippen LogP contribution in [0.15, 0.2) is 48.5 Å². The average Bonchev–Trinajstić information content (AvgIpc) is 2.66. The molecule has 132 valence electrons. The number of piperidine rings is 1. The normalized spacial score (nSPS) is 26.3. The van der Waals surface area contributed by atoms with E-state index < -0.39 is 0 Å². The zero-order valence-corrected chi connectivity index (χ0v) is 15.2. The minimum Gasteiger partial charge on any atom is -0.496 e. The molecule has 0 radical (unpaired) electrons. The molecule has 1 fully saturated rings. The number of benzene rings is 2. The molecule has 25 heavy (non-hydrogen) atoms. The van der Waals surface area contributed by atoms with Crippen molar-refractivity contribution >= 4 is 5.78 Å². The van der Waals surface area contributed by atoms with Gasteiger partial charge < -0.3 is 14.8 Å². The second-order valence-corrected chi connectivity index (χ2v) is 6.71. The number of ketones is 1. The summed E-state index contributed by atoms with van der Waals surface area (Å²) >= 11 is 0. The van der Waals surface area contributed by atoms with E-state index in [4.69, 9.17) is 9.47 Å². The highest BCUT2D eigenvalue weighted by Gasteiger charge is 2.45. The van der Waals surface area contributed by atoms with Crippen molar-refractivity contribution in [2.24, 2.45) is 11.8 Å². The summed E-state index contributed by atoms with van der Waals surface area (Å²) in [6.45, 7) is 4.04. The summed E-state index contributed by atoms with van der Waals surface area (Å²) in [5.41, 5.74) is 2.13. The lowest BCUT2D eigenvalue weighted by molar-refractivity contribution is -0.748. The lowest BCUT2D eigenvalue weighted by Gasteiger charge is -2.36. The van der Waals surface area contributed by atoms with Gasteiger partial charge in [0.05, 0.1) is 37.2 Å². The van der Waals surface area contributed by atoms with E-state index >= 15 is 0 Å². The summed E-state index contributed by atoms with van der Waals surface area (Å²) in [7, 11) is 3.35. The molecule has 1 aliphatic heterocycles. The number of quaternary nitrogens is 1. The fourth-order valence-electron chi connectivity index (χ4n) is 3.95. The minimum atomic E-state index is -0.0720. The van der Waals surface area contributed by atoms with E-state index in [1.165, 1.54) is 0 Å². The van der Waals surface area contributed by atoms with Gasteiger partial charge in [-0.25, -0.2) is 0 Å². The minimum absolute atomic E-state index is 0.0229. The Morgan fingerprint density at radius 3 is 1.56 bits per heavy atom. The fraction of sp³-hybridized carbons (Fsp3) is 0.381. The van der Waals surface area contributed by atoms with Gasteiger partial charge in [0.1, 0.15) is 23.6 Å². The topological polar surface area (TPSA) is 52.1 Å². The van der Waals surface area contributed by atoms with Crippen molar-refractivity contribution in [3.63, 3.8) is 0 Å². The van der Waals surface area contributed by atoms with Gasteiger partial charge in [-0.1, -0.05) is 24.3 Å². The van der Waals surface area contributed by atoms with Crippen LogP contribution in [0.1, 0.15) is 37.1 Å². The summed E-state index contributed by atoms with van der Waals surface area (Å²) in [6, 6.07) is 16.0. The Morgan fingerprint density at radius 2 is 1.16 bits per heavy atom. The lowest BCUT2D eigenvalue weighted by atomic mass is 9.76. The van der Waals surface area contributed by atoms with Crippen molar-refractivity contribution in [3.05, 3.63) is 59.7 Å². The molecule has 1 saturated heterocycles. The van der Waals surface area contributed by atoms with Crippen LogP contribution in [0.4, 0.5) is 0 Å². The van der Waals surface area contributed by atoms with E-state index in [1.54, 1.807) is 14.2 Å². The van der Waals surface area contributed by atoms with Crippen LogP contribution in [0, 0.1) is 11.8 Å². The predicted molar refractivity (Wildman–Crippen MR) is 96.7 cm³/mol. The molecule has 0 aromatic heterocycles. The summed E-state index contributed by atoms with van der Waals surface area (Å²) in [6.07, 6.45) is 0. The molecule has 4 nitrogen and oxygen atoms in total. The standard InChI is InChI=1S/C21H25NO3/c1-13-19(15-9-5-7-11-17(15)24-3)22-20(14(2)21(13)23)16-10-6-8-12-18(16)25-4/h5-14,19-20,22H,1-4H3/p+1. The Bertz CT molecular complexity index is 697. The van der Waals surface area contributed by atoms with Gasteiger partial charge in [-0.3, -0.25) is 4.79 Å². The molecule has 0 amide bonds. The maximum Gasteiger partial charge on any atom is 0.151 e. The molecule has 1 aliphatic rings. The smallest absolute Gasteiger partial charge is 0.151 e. The van der Waals surface area contributed by atoms with Crippen LogP contribution in [0.3, 0.4) is 0 Å². The first-order chi connectivity index (χ1) is 12.1. The summed E-state index contributed by atoms with van der Waals surface area (Å²) < 4.78 is 11.1. The first-order valence-electron chi connectivity index (χ1n) is 8.73. The van der Waals surface area contributed by atoms with Gasteiger partial charge in [0.15, 0.2) is 5.78 Å². The van der Waals surface area contributed by atoms with Crippen molar-refractivity contribution in [1.29, 1.82) is 0 Å². The van der Waals surface area contributed by atoms with Gasteiger partial charge in [-0.2, -0.15) is 0 Å². The monoisotopic (exact) mass is 340 g/mol. The molecule has 4 heteroatoms. The Hall–Kier alpha value is -2.33. The van der Waals surface area contributed by atoms with Crippen LogP contribution in [0.2, 0.25) is 0 Å². The second kappa shape index (κ2) is 7.28. The van der Waals surface area contributed by atoms with Gasteiger partial charge in [0, 0.05) is 0 Å². The zero-order chi connectivity index (χ0) is 18.0. The molecule has 2 N–H and O–H groups in total. The van der Waals surface area contributed by atoms with E-state index in [1.807, 2.05) is 50.2 Å². The molecular formula is C21H26NO3+. The van der Waals surface area contributed by atoms with Crippen LogP contribution >= 0.6 is 0 Å². The number of hydrogen-bond donors (Lipinski definition) is 1. The molecule has 4 atom stereocenters. The number of rotatable bonds is 4. The maximum atomic E-state index is 13.0. The molecule has 0 bridgehead atoms. The van der Waals surface area contributed by atoms with E-state index in [2.05, 4.69) is 17.4 Å². The molecule has 4 unspecified atom stereocenters. The first kappa shape index (κ1) is 17.5. The van der Waals surface area contributed by atoms with Gasteiger partial charge in [0.2, 0.25) is 0 Å². The van der Waals surface area contributed by atoms with Crippen LogP contribution < -0.4 is 14.8 Å². The second-order valence-electron chi connectivity index (χ2n) is 6.71. The molecular weight excluding hydrogens is 314 g/mol. The molecule has 2 aromatic rings. The lowest BCUT2D eigenvalue weighted by Crippen LogP contribution is -2.91. The van der Waals surface area contributed by atoms with E-state index in [0.29, 0.717) is 0 Å². The van der Waals surface area contributed by atoms with E-state index in [-0.39, 0.29) is 29.7 Å². The van der Waals surface area contributed by atoms with Crippen LogP contribution in [0.5, 0.6) is 11.5 Å². The maximum absolute atomic E-state index is 13.0. The Balaban J connectivity index is 2.03. The quantitative estimate of drug-likeness (QED) is 0.931. The number of methoxy groups -OCH3 is 2. The number of ether oxygens (including phenoxy) is 2. The van der Waals surface area contributed by atoms with Crippen LogP contribution in [0.25, 0.3) is 0 Å². The Labute approximate surface area is 149 Å². The first-order valence-corrected chi connectivity index (χ1v) is 8.73. The predicted octanol–water partition coefficient (Wildman–Crippen LogP) is 2.90. The SMILES string of the molecule is COc1ccccc1C1[NH2+]C(c2ccccc2OC)C(C)C(=O)C1C. The molecule has 2 aromatic carbocycles. The Kier molecular flexibility index (Phi) is 5.09. The highest BCUT2D eigenvalue weighted by atomic mass is 16.5. The van der Waals surface area contributed by atoms with Gasteiger partial charge in [-0.15, -0.1) is 0 Å². The van der Waals surface area contributed by atoms with Gasteiger partial charge in [-0.05, 0) is 38.1 Å². The highest BCUT2D eigenvalue weighted by Crippen LogP contribution is 2.37. The molecule has 0 spiro atoms. The third-order valence-electron chi connectivity index (χ3n) is 5.39. The number of carbonyl (C=O) groups is 1. The number of para-hydroxylation sites is 2. The van der Waals surface area contributed by atoms with Crippen LogP contribution in [-0.4, -0.2) is 20.0 Å². The number of carbonyl (C=O) groups excluding carboxylic acids is 1. The largest absolute Gasteiger partial charge is 0.496 e. The fourth-order valence-corrected chi connectivity index (χ4v) is 3.95. The summed E-state index contributed by atoms with van der Waals surface area (Å²) in [5.74, 6) is 1.80. The molecule has 0 aliphatic carbocycles. The Morgan fingerprint density at radius 1 is 0.760 bits per heavy atom. The average molecular weight is 340 g/mol. The third kappa shape index (κ3) is 3.14. The number of Topliss-reactive ketones (excluding diaryl/α,β-unsaturated/α-hetero) is 1. The third-order valence-corrected chi connectivity index (χ3v) is 5.39. The highest BCUT2D eigenvalue weighted by molar-refractivity contribution is 5.85. The van der Waals surface area contributed by atoms with Crippen LogP contribution in [-0.2, 0) is 4.79 Å². The van der Waals surface area contributed by atoms with Crippen molar-refractivity contribution in [1.82, 2.24) is 0 Å². The number of nitrogens with two attached hydrogens (primary N) is 1. The summed E-state index contributed by atoms with van der Waals surface area (Å²) in [5, 5.41) is 2.30. The molecule has 0 saturated carbocycles. The van der Waals surface area contributed by atoms with Gasteiger partial charge >= 0.3 is 0 Å². The zero-order valence-electron chi connectivity index (χ0n) is 15.2. The molecule has 1 heterocycles. The van der Waals surface area contributed by atoms with Gasteiger partial charge in [0.25, 0.3) is 0 Å². The number of hydrogen-bond acceptors (Lipinski definition) is 3. The van der Waals surface area contributed by atoms with Crippen molar-refractivity contribution in [3.8, 4) is 11.5 Å². The van der Waals surface area contributed by atoms with E-state index in [0.717, 1.165) is 22.6 Å². The van der Waals surface area contributed by atoms with E-state index in [9.17, 15) is 4.79 Å². The summed E-state index contributed by atoms with van der Waals surface area (Å²) in [4.78, 5) is 13.0.